The van der Waals surface area contributed by atoms with Gasteiger partial charge < -0.3 is 4.43 Å². The van der Waals surface area contributed by atoms with E-state index in [2.05, 4.69) is 50.9 Å². The van der Waals surface area contributed by atoms with Gasteiger partial charge in [-0.3, -0.25) is 4.90 Å². The SMILES string of the molecule is CC(C)(C)[Si](C)(C)OC1CCCN2CC=C[C@@H]12. The summed E-state index contributed by atoms with van der Waals surface area (Å²) in [7, 11) is -1.61. The zero-order valence-electron chi connectivity index (χ0n) is 12.0. The molecule has 98 valence electrons. The number of hydrogen-bond donors (Lipinski definition) is 0. The highest BCUT2D eigenvalue weighted by Gasteiger charge is 2.42. The molecule has 1 unspecified atom stereocenters. The summed E-state index contributed by atoms with van der Waals surface area (Å²) in [5.74, 6) is 0. The second-order valence-electron chi connectivity index (χ2n) is 6.97. The Morgan fingerprint density at radius 2 is 2.00 bits per heavy atom. The molecule has 0 aromatic carbocycles. The van der Waals surface area contributed by atoms with Crippen molar-refractivity contribution in [3.05, 3.63) is 12.2 Å². The molecule has 3 heteroatoms. The van der Waals surface area contributed by atoms with Crippen molar-refractivity contribution in [2.45, 2.75) is 63.9 Å². The zero-order chi connectivity index (χ0) is 12.7. The third-order valence-electron chi connectivity index (χ3n) is 4.66. The van der Waals surface area contributed by atoms with E-state index in [1.165, 1.54) is 19.4 Å². The van der Waals surface area contributed by atoms with Crippen LogP contribution in [0, 0.1) is 0 Å². The number of rotatable bonds is 2. The van der Waals surface area contributed by atoms with Crippen molar-refractivity contribution in [2.75, 3.05) is 13.1 Å². The van der Waals surface area contributed by atoms with E-state index in [4.69, 9.17) is 4.43 Å². The van der Waals surface area contributed by atoms with Crippen LogP contribution in [0.5, 0.6) is 0 Å². The van der Waals surface area contributed by atoms with E-state index in [0.717, 1.165) is 6.54 Å². The minimum absolute atomic E-state index is 0.317. The molecule has 0 amide bonds. The first-order valence-corrected chi connectivity index (χ1v) is 9.81. The summed E-state index contributed by atoms with van der Waals surface area (Å²) in [6, 6.07) is 0.554. The lowest BCUT2D eigenvalue weighted by Gasteiger charge is -2.44. The first-order chi connectivity index (χ1) is 7.81. The fourth-order valence-corrected chi connectivity index (χ4v) is 3.90. The van der Waals surface area contributed by atoms with E-state index in [0.29, 0.717) is 17.2 Å². The van der Waals surface area contributed by atoms with Gasteiger partial charge >= 0.3 is 0 Å². The average Bonchev–Trinajstić information content (AvgIpc) is 2.64. The maximum absolute atomic E-state index is 6.60. The minimum atomic E-state index is -1.61. The van der Waals surface area contributed by atoms with Gasteiger partial charge in [-0.2, -0.15) is 0 Å². The Balaban J connectivity index is 2.05. The van der Waals surface area contributed by atoms with E-state index in [1.54, 1.807) is 0 Å². The van der Waals surface area contributed by atoms with Gasteiger partial charge in [0.25, 0.3) is 0 Å². The highest BCUT2D eigenvalue weighted by atomic mass is 28.4. The van der Waals surface area contributed by atoms with Gasteiger partial charge in [0.2, 0.25) is 0 Å². The van der Waals surface area contributed by atoms with Crippen molar-refractivity contribution >= 4 is 8.32 Å². The van der Waals surface area contributed by atoms with Gasteiger partial charge in [-0.15, -0.1) is 0 Å². The summed E-state index contributed by atoms with van der Waals surface area (Å²) in [5.41, 5.74) is 0. The number of fused-ring (bicyclic) bond motifs is 1. The van der Waals surface area contributed by atoms with Crippen molar-refractivity contribution in [2.24, 2.45) is 0 Å². The van der Waals surface area contributed by atoms with Crippen LogP contribution in [0.4, 0.5) is 0 Å². The molecule has 2 rings (SSSR count). The third kappa shape index (κ3) is 2.66. The number of hydrogen-bond acceptors (Lipinski definition) is 2. The molecule has 2 atom stereocenters. The van der Waals surface area contributed by atoms with Gasteiger partial charge in [-0.05, 0) is 37.5 Å². The molecule has 0 saturated carbocycles. The normalized spacial score (nSPS) is 30.6. The van der Waals surface area contributed by atoms with E-state index in [-0.39, 0.29) is 0 Å². The summed E-state index contributed by atoms with van der Waals surface area (Å²) >= 11 is 0. The van der Waals surface area contributed by atoms with Gasteiger partial charge in [0, 0.05) is 6.54 Å². The molecule has 0 radical (unpaired) electrons. The Bertz CT molecular complexity index is 306. The van der Waals surface area contributed by atoms with Crippen molar-refractivity contribution < 1.29 is 4.43 Å². The molecule has 0 N–H and O–H groups in total. The standard InChI is InChI=1S/C14H27NOSi/c1-14(2,3)17(4,5)16-13-9-7-11-15-10-6-8-12(13)15/h6,8,12-13H,7,9-11H2,1-5H3/t12-,13?/m0/s1. The van der Waals surface area contributed by atoms with Crippen LogP contribution in [0.1, 0.15) is 33.6 Å². The highest BCUT2D eigenvalue weighted by Crippen LogP contribution is 2.39. The Labute approximate surface area is 107 Å². The van der Waals surface area contributed by atoms with Crippen LogP contribution in [-0.4, -0.2) is 38.5 Å². The summed E-state index contributed by atoms with van der Waals surface area (Å²) in [6.45, 7) is 14.1. The maximum Gasteiger partial charge on any atom is 0.192 e. The molecule has 2 aliphatic heterocycles. The molecule has 2 heterocycles. The van der Waals surface area contributed by atoms with E-state index in [9.17, 15) is 0 Å². The topological polar surface area (TPSA) is 12.5 Å². The van der Waals surface area contributed by atoms with Crippen molar-refractivity contribution in [3.8, 4) is 0 Å². The lowest BCUT2D eigenvalue weighted by Crippen LogP contribution is -2.52. The molecule has 17 heavy (non-hydrogen) atoms. The predicted molar refractivity (Wildman–Crippen MR) is 75.8 cm³/mol. The van der Waals surface area contributed by atoms with Crippen molar-refractivity contribution in [1.29, 1.82) is 0 Å². The molecule has 0 spiro atoms. The second kappa shape index (κ2) is 4.52. The molecular formula is C14H27NOSi. The quantitative estimate of drug-likeness (QED) is 0.552. The van der Waals surface area contributed by atoms with Crippen LogP contribution in [0.2, 0.25) is 18.1 Å². The number of piperidine rings is 1. The molecule has 2 nitrogen and oxygen atoms in total. The van der Waals surface area contributed by atoms with Gasteiger partial charge in [0.05, 0.1) is 12.1 Å². The molecule has 0 bridgehead atoms. The first-order valence-electron chi connectivity index (χ1n) is 6.90. The molecule has 0 aromatic rings. The predicted octanol–water partition coefficient (Wildman–Crippen LogP) is 3.41. The van der Waals surface area contributed by atoms with Crippen molar-refractivity contribution in [1.82, 2.24) is 4.90 Å². The zero-order valence-corrected chi connectivity index (χ0v) is 13.0. The summed E-state index contributed by atoms with van der Waals surface area (Å²) < 4.78 is 6.60. The van der Waals surface area contributed by atoms with Crippen LogP contribution in [0.3, 0.4) is 0 Å². The monoisotopic (exact) mass is 253 g/mol. The lowest BCUT2D eigenvalue weighted by atomic mass is 10.0. The van der Waals surface area contributed by atoms with Gasteiger partial charge in [-0.1, -0.05) is 32.9 Å². The molecule has 0 aromatic heterocycles. The number of nitrogens with zero attached hydrogens (tertiary/aromatic N) is 1. The van der Waals surface area contributed by atoms with Crippen LogP contribution < -0.4 is 0 Å². The Morgan fingerprint density at radius 1 is 1.29 bits per heavy atom. The molecular weight excluding hydrogens is 226 g/mol. The smallest absolute Gasteiger partial charge is 0.192 e. The molecule has 1 saturated heterocycles. The fourth-order valence-electron chi connectivity index (χ4n) is 2.53. The van der Waals surface area contributed by atoms with Gasteiger partial charge in [0.15, 0.2) is 8.32 Å². The van der Waals surface area contributed by atoms with Gasteiger partial charge in [-0.25, -0.2) is 0 Å². The summed E-state index contributed by atoms with van der Waals surface area (Å²) in [4.78, 5) is 2.56. The molecule has 0 aliphatic carbocycles. The van der Waals surface area contributed by atoms with Crippen LogP contribution in [-0.2, 0) is 4.43 Å². The van der Waals surface area contributed by atoms with E-state index in [1.807, 2.05) is 0 Å². The Kier molecular flexibility index (Phi) is 3.54. The van der Waals surface area contributed by atoms with Crippen LogP contribution in [0.15, 0.2) is 12.2 Å². The lowest BCUT2D eigenvalue weighted by molar-refractivity contribution is 0.0556. The van der Waals surface area contributed by atoms with Crippen molar-refractivity contribution in [3.63, 3.8) is 0 Å². The van der Waals surface area contributed by atoms with Crippen LogP contribution >= 0.6 is 0 Å². The first kappa shape index (κ1) is 13.3. The largest absolute Gasteiger partial charge is 0.412 e. The second-order valence-corrected chi connectivity index (χ2v) is 11.7. The molecule has 2 aliphatic rings. The van der Waals surface area contributed by atoms with Gasteiger partial charge in [0.1, 0.15) is 0 Å². The maximum atomic E-state index is 6.60. The van der Waals surface area contributed by atoms with Crippen LogP contribution in [0.25, 0.3) is 0 Å². The minimum Gasteiger partial charge on any atom is -0.412 e. The van der Waals surface area contributed by atoms with E-state index < -0.39 is 8.32 Å². The fraction of sp³-hybridized carbons (Fsp3) is 0.857. The Morgan fingerprint density at radius 3 is 2.65 bits per heavy atom. The molecule has 1 fully saturated rings. The van der Waals surface area contributed by atoms with E-state index >= 15 is 0 Å². The Hall–Kier alpha value is -0.123. The highest BCUT2D eigenvalue weighted by molar-refractivity contribution is 6.74. The summed E-state index contributed by atoms with van der Waals surface area (Å²) in [6.07, 6.45) is 7.62. The average molecular weight is 253 g/mol. The summed E-state index contributed by atoms with van der Waals surface area (Å²) in [5, 5.41) is 0.317. The third-order valence-corrected chi connectivity index (χ3v) is 9.17.